The summed E-state index contributed by atoms with van der Waals surface area (Å²) in [5.41, 5.74) is 7.13. The first-order valence-corrected chi connectivity index (χ1v) is 6.46. The number of rotatable bonds is 2. The fourth-order valence-corrected chi connectivity index (χ4v) is 3.19. The molecule has 0 saturated heterocycles. The molecule has 1 aliphatic carbocycles. The van der Waals surface area contributed by atoms with E-state index >= 15 is 0 Å². The molecule has 0 radical (unpaired) electrons. The van der Waals surface area contributed by atoms with Crippen LogP contribution in [0.25, 0.3) is 0 Å². The fraction of sp³-hybridized carbons (Fsp3) is 0.583. The van der Waals surface area contributed by atoms with Gasteiger partial charge in [-0.3, -0.25) is 0 Å². The van der Waals surface area contributed by atoms with Crippen LogP contribution < -0.4 is 5.73 Å². The van der Waals surface area contributed by atoms with Crippen LogP contribution in [0.15, 0.2) is 22.9 Å². The SMILES string of the molecule is NCC1(c2cccnc2Br)CCC(O)CC1. The van der Waals surface area contributed by atoms with Crippen LogP contribution in [-0.4, -0.2) is 22.7 Å². The number of hydrogen-bond donors (Lipinski definition) is 2. The van der Waals surface area contributed by atoms with Crippen molar-refractivity contribution in [3.8, 4) is 0 Å². The van der Waals surface area contributed by atoms with Crippen molar-refractivity contribution in [1.29, 1.82) is 0 Å². The predicted molar refractivity (Wildman–Crippen MR) is 67.1 cm³/mol. The Kier molecular flexibility index (Phi) is 3.62. The van der Waals surface area contributed by atoms with E-state index in [4.69, 9.17) is 5.73 Å². The van der Waals surface area contributed by atoms with Crippen molar-refractivity contribution in [3.05, 3.63) is 28.5 Å². The van der Waals surface area contributed by atoms with Crippen LogP contribution >= 0.6 is 15.9 Å². The second-order valence-electron chi connectivity index (χ2n) is 4.56. The van der Waals surface area contributed by atoms with Crippen LogP contribution in [-0.2, 0) is 5.41 Å². The van der Waals surface area contributed by atoms with Crippen LogP contribution in [0.1, 0.15) is 31.2 Å². The van der Waals surface area contributed by atoms with Crippen molar-refractivity contribution in [3.63, 3.8) is 0 Å². The monoisotopic (exact) mass is 284 g/mol. The lowest BCUT2D eigenvalue weighted by atomic mass is 9.69. The van der Waals surface area contributed by atoms with Gasteiger partial charge in [0.15, 0.2) is 0 Å². The number of nitrogens with two attached hydrogens (primary N) is 1. The minimum absolute atomic E-state index is 0.00762. The van der Waals surface area contributed by atoms with Gasteiger partial charge in [0, 0.05) is 18.2 Å². The number of aliphatic hydroxyl groups is 1. The Bertz CT molecular complexity index is 362. The number of aliphatic hydroxyl groups excluding tert-OH is 1. The summed E-state index contributed by atoms with van der Waals surface area (Å²) in [6.45, 7) is 0.615. The van der Waals surface area contributed by atoms with Crippen LogP contribution in [0.3, 0.4) is 0 Å². The van der Waals surface area contributed by atoms with Crippen molar-refractivity contribution in [2.75, 3.05) is 6.54 Å². The fourth-order valence-electron chi connectivity index (χ4n) is 2.52. The zero-order valence-electron chi connectivity index (χ0n) is 9.19. The minimum atomic E-state index is -0.157. The molecule has 1 heterocycles. The topological polar surface area (TPSA) is 59.1 Å². The maximum Gasteiger partial charge on any atom is 0.109 e. The Hall–Kier alpha value is -0.450. The molecule has 2 rings (SSSR count). The molecule has 0 amide bonds. The Morgan fingerprint density at radius 3 is 2.75 bits per heavy atom. The highest BCUT2D eigenvalue weighted by molar-refractivity contribution is 9.10. The second-order valence-corrected chi connectivity index (χ2v) is 5.31. The third-order valence-electron chi connectivity index (χ3n) is 3.63. The Morgan fingerprint density at radius 1 is 1.50 bits per heavy atom. The first kappa shape index (κ1) is 12.0. The van der Waals surface area contributed by atoms with Gasteiger partial charge in [0.1, 0.15) is 4.60 Å². The van der Waals surface area contributed by atoms with Crippen LogP contribution in [0, 0.1) is 0 Å². The Labute approximate surface area is 104 Å². The summed E-state index contributed by atoms with van der Waals surface area (Å²) in [6.07, 6.45) is 5.16. The van der Waals surface area contributed by atoms with Gasteiger partial charge in [-0.05, 0) is 53.2 Å². The van der Waals surface area contributed by atoms with Crippen LogP contribution in [0.4, 0.5) is 0 Å². The van der Waals surface area contributed by atoms with Gasteiger partial charge in [0.05, 0.1) is 6.10 Å². The van der Waals surface area contributed by atoms with E-state index in [0.717, 1.165) is 30.3 Å². The Morgan fingerprint density at radius 2 is 2.19 bits per heavy atom. The molecule has 1 aromatic heterocycles. The normalized spacial score (nSPS) is 30.3. The minimum Gasteiger partial charge on any atom is -0.393 e. The summed E-state index contributed by atoms with van der Waals surface area (Å²) in [6, 6.07) is 4.03. The number of halogens is 1. The lowest BCUT2D eigenvalue weighted by Gasteiger charge is -2.38. The quantitative estimate of drug-likeness (QED) is 0.817. The molecular weight excluding hydrogens is 268 g/mol. The van der Waals surface area contributed by atoms with Crippen molar-refractivity contribution in [1.82, 2.24) is 4.98 Å². The van der Waals surface area contributed by atoms with E-state index in [0.29, 0.717) is 6.54 Å². The summed E-state index contributed by atoms with van der Waals surface area (Å²) in [4.78, 5) is 4.26. The highest BCUT2D eigenvalue weighted by Crippen LogP contribution is 2.40. The van der Waals surface area contributed by atoms with Gasteiger partial charge in [-0.2, -0.15) is 0 Å². The molecule has 88 valence electrons. The zero-order valence-corrected chi connectivity index (χ0v) is 10.8. The number of hydrogen-bond acceptors (Lipinski definition) is 3. The lowest BCUT2D eigenvalue weighted by Crippen LogP contribution is -2.40. The second kappa shape index (κ2) is 4.82. The number of aromatic nitrogens is 1. The Balaban J connectivity index is 2.32. The van der Waals surface area contributed by atoms with Crippen LogP contribution in [0.5, 0.6) is 0 Å². The molecular formula is C12H17BrN2O. The first-order valence-electron chi connectivity index (χ1n) is 5.67. The van der Waals surface area contributed by atoms with E-state index in [1.807, 2.05) is 6.07 Å². The van der Waals surface area contributed by atoms with Gasteiger partial charge in [-0.1, -0.05) is 6.07 Å². The van der Waals surface area contributed by atoms with E-state index in [9.17, 15) is 5.11 Å². The summed E-state index contributed by atoms with van der Waals surface area (Å²) in [5.74, 6) is 0. The molecule has 16 heavy (non-hydrogen) atoms. The average molecular weight is 285 g/mol. The standard InChI is InChI=1S/C12H17BrN2O/c13-11-10(2-1-7-15-11)12(8-14)5-3-9(16)4-6-12/h1-2,7,9,16H,3-6,8,14H2. The highest BCUT2D eigenvalue weighted by atomic mass is 79.9. The first-order chi connectivity index (χ1) is 7.68. The zero-order chi connectivity index (χ0) is 11.6. The van der Waals surface area contributed by atoms with Crippen molar-refractivity contribution in [2.24, 2.45) is 5.73 Å². The summed E-state index contributed by atoms with van der Waals surface area (Å²) >= 11 is 3.49. The lowest BCUT2D eigenvalue weighted by molar-refractivity contribution is 0.0971. The van der Waals surface area contributed by atoms with Gasteiger partial charge in [0.2, 0.25) is 0 Å². The molecule has 3 nitrogen and oxygen atoms in total. The molecule has 1 saturated carbocycles. The van der Waals surface area contributed by atoms with Gasteiger partial charge >= 0.3 is 0 Å². The van der Waals surface area contributed by atoms with E-state index in [-0.39, 0.29) is 11.5 Å². The number of nitrogens with zero attached hydrogens (tertiary/aromatic N) is 1. The summed E-state index contributed by atoms with van der Waals surface area (Å²) in [7, 11) is 0. The number of pyridine rings is 1. The molecule has 0 unspecified atom stereocenters. The third kappa shape index (κ3) is 2.14. The molecule has 1 fully saturated rings. The van der Waals surface area contributed by atoms with Crippen molar-refractivity contribution in [2.45, 2.75) is 37.2 Å². The van der Waals surface area contributed by atoms with E-state index < -0.39 is 0 Å². The van der Waals surface area contributed by atoms with Gasteiger partial charge < -0.3 is 10.8 Å². The van der Waals surface area contributed by atoms with E-state index in [1.54, 1.807) is 6.20 Å². The molecule has 0 aromatic carbocycles. The maximum absolute atomic E-state index is 9.58. The molecule has 0 spiro atoms. The summed E-state index contributed by atoms with van der Waals surface area (Å²) in [5, 5.41) is 9.58. The van der Waals surface area contributed by atoms with E-state index in [1.165, 1.54) is 5.56 Å². The summed E-state index contributed by atoms with van der Waals surface area (Å²) < 4.78 is 0.886. The van der Waals surface area contributed by atoms with Crippen molar-refractivity contribution < 1.29 is 5.11 Å². The van der Waals surface area contributed by atoms with E-state index in [2.05, 4.69) is 27.0 Å². The smallest absolute Gasteiger partial charge is 0.109 e. The molecule has 1 aliphatic rings. The molecule has 0 aliphatic heterocycles. The molecule has 0 bridgehead atoms. The third-order valence-corrected chi connectivity index (χ3v) is 4.27. The largest absolute Gasteiger partial charge is 0.393 e. The highest BCUT2D eigenvalue weighted by Gasteiger charge is 2.36. The van der Waals surface area contributed by atoms with Gasteiger partial charge in [-0.15, -0.1) is 0 Å². The maximum atomic E-state index is 9.58. The van der Waals surface area contributed by atoms with Crippen molar-refractivity contribution >= 4 is 15.9 Å². The van der Waals surface area contributed by atoms with Gasteiger partial charge in [0.25, 0.3) is 0 Å². The molecule has 4 heteroatoms. The van der Waals surface area contributed by atoms with Gasteiger partial charge in [-0.25, -0.2) is 4.98 Å². The molecule has 0 atom stereocenters. The average Bonchev–Trinajstić information content (AvgIpc) is 2.32. The predicted octanol–water partition coefficient (Wildman–Crippen LogP) is 1.98. The molecule has 3 N–H and O–H groups in total. The van der Waals surface area contributed by atoms with Crippen LogP contribution in [0.2, 0.25) is 0 Å². The molecule has 1 aromatic rings.